The first-order chi connectivity index (χ1) is 18.7. The van der Waals surface area contributed by atoms with Gasteiger partial charge in [-0.1, -0.05) is 29.3 Å². The average Bonchev–Trinajstić information content (AvgIpc) is 3.53. The van der Waals surface area contributed by atoms with Crippen LogP contribution < -0.4 is 14.8 Å². The second-order valence-electron chi connectivity index (χ2n) is 9.29. The molecule has 0 bridgehead atoms. The number of aromatic hydroxyl groups is 1. The maximum absolute atomic E-state index is 13.5. The van der Waals surface area contributed by atoms with Gasteiger partial charge in [0.1, 0.15) is 10.7 Å². The molecule has 1 aromatic carbocycles. The fourth-order valence-corrected chi connectivity index (χ4v) is 7.60. The lowest BCUT2D eigenvalue weighted by Gasteiger charge is -2.30. The molecule has 2 fully saturated rings. The number of aromatic nitrogens is 3. The van der Waals surface area contributed by atoms with E-state index >= 15 is 0 Å². The zero-order valence-electron chi connectivity index (χ0n) is 20.5. The number of morpholine rings is 1. The molecule has 10 nitrogen and oxygen atoms in total. The second kappa shape index (κ2) is 10.3. The summed E-state index contributed by atoms with van der Waals surface area (Å²) in [6.45, 7) is 2.49. The number of nitrogens with zero attached hydrogens (tertiary/aromatic N) is 5. The topological polar surface area (TPSA) is 117 Å². The molecule has 0 aliphatic carbocycles. The fourth-order valence-electron chi connectivity index (χ4n) is 4.79. The van der Waals surface area contributed by atoms with Gasteiger partial charge in [0, 0.05) is 43.3 Å². The van der Waals surface area contributed by atoms with E-state index in [1.165, 1.54) is 20.0 Å². The van der Waals surface area contributed by atoms with Crippen molar-refractivity contribution in [1.82, 2.24) is 14.4 Å². The number of halogens is 2. The normalized spacial score (nSPS) is 17.3. The summed E-state index contributed by atoms with van der Waals surface area (Å²) in [7, 11) is -3.58. The smallest absolute Gasteiger partial charge is 0.300 e. The van der Waals surface area contributed by atoms with Gasteiger partial charge in [0.05, 0.1) is 40.4 Å². The molecule has 6 rings (SSSR count). The van der Waals surface area contributed by atoms with Crippen molar-refractivity contribution in [2.75, 3.05) is 47.8 Å². The van der Waals surface area contributed by atoms with Gasteiger partial charge >= 0.3 is 5.56 Å². The SMILES string of the molecule is O=c1c(O)c(-c2ncc(Cc3ccc(Cl)c(Cl)c3)s2)nc2c(N3CCCS3(=O)=O)cc(N3CCOCC3)cn12. The van der Waals surface area contributed by atoms with Crippen molar-refractivity contribution in [2.45, 2.75) is 12.8 Å². The second-order valence-corrected chi connectivity index (χ2v) is 13.2. The van der Waals surface area contributed by atoms with Crippen LogP contribution in [0.1, 0.15) is 16.9 Å². The van der Waals surface area contributed by atoms with E-state index in [1.54, 1.807) is 30.6 Å². The molecule has 0 radical (unpaired) electrons. The van der Waals surface area contributed by atoms with Gasteiger partial charge in [0.2, 0.25) is 15.8 Å². The summed E-state index contributed by atoms with van der Waals surface area (Å²) >= 11 is 13.4. The number of benzene rings is 1. The van der Waals surface area contributed by atoms with E-state index in [-0.39, 0.29) is 23.6 Å². The molecule has 5 heterocycles. The largest absolute Gasteiger partial charge is 0.501 e. The molecule has 0 spiro atoms. The first-order valence-corrected chi connectivity index (χ1v) is 15.4. The van der Waals surface area contributed by atoms with Crippen LogP contribution in [0.2, 0.25) is 10.0 Å². The number of thiazole rings is 1. The molecule has 4 aromatic rings. The van der Waals surface area contributed by atoms with Gasteiger partial charge in [-0.3, -0.25) is 13.5 Å². The van der Waals surface area contributed by atoms with Crippen LogP contribution in [0.25, 0.3) is 16.3 Å². The molecular formula is C25H23Cl2N5O5S2. The van der Waals surface area contributed by atoms with Gasteiger partial charge in [-0.15, -0.1) is 11.3 Å². The molecule has 1 N–H and O–H groups in total. The molecular weight excluding hydrogens is 585 g/mol. The van der Waals surface area contributed by atoms with E-state index in [2.05, 4.69) is 9.97 Å². The van der Waals surface area contributed by atoms with Crippen LogP contribution in [0.3, 0.4) is 0 Å². The Labute approximate surface area is 238 Å². The van der Waals surface area contributed by atoms with Crippen LogP contribution in [0.4, 0.5) is 11.4 Å². The minimum Gasteiger partial charge on any atom is -0.501 e. The number of hydrogen-bond donors (Lipinski definition) is 1. The van der Waals surface area contributed by atoms with Crippen molar-refractivity contribution in [1.29, 1.82) is 0 Å². The molecule has 39 heavy (non-hydrogen) atoms. The zero-order valence-corrected chi connectivity index (χ0v) is 23.7. The van der Waals surface area contributed by atoms with Crippen LogP contribution in [-0.4, -0.2) is 66.5 Å². The Bertz CT molecular complexity index is 1750. The van der Waals surface area contributed by atoms with Gasteiger partial charge in [-0.05, 0) is 30.2 Å². The molecule has 3 aromatic heterocycles. The third-order valence-corrected chi connectivity index (χ3v) is 10.3. The molecule has 204 valence electrons. The molecule has 14 heteroatoms. The molecule has 0 saturated carbocycles. The number of fused-ring (bicyclic) bond motifs is 1. The summed E-state index contributed by atoms with van der Waals surface area (Å²) < 4.78 is 33.8. The number of sulfonamides is 1. The lowest BCUT2D eigenvalue weighted by Crippen LogP contribution is -2.37. The molecule has 2 aliphatic heterocycles. The predicted octanol–water partition coefficient (Wildman–Crippen LogP) is 3.80. The zero-order chi connectivity index (χ0) is 27.3. The van der Waals surface area contributed by atoms with E-state index in [0.29, 0.717) is 65.6 Å². The number of pyridine rings is 1. The molecule has 0 unspecified atom stereocenters. The highest BCUT2D eigenvalue weighted by Gasteiger charge is 2.32. The molecule has 0 amide bonds. The van der Waals surface area contributed by atoms with Crippen LogP contribution in [0.15, 0.2) is 41.5 Å². The number of anilines is 2. The first-order valence-electron chi connectivity index (χ1n) is 12.2. The standard InChI is InChI=1S/C25H23Cl2N5O5S2/c26-18-3-2-15(11-19(18)27)10-17-13-28-24(38-17)21-22(33)25(34)31-14-16(30-5-7-37-8-6-30)12-20(23(31)29-21)32-4-1-9-39(32,35)36/h2-3,11-14,33H,1,4-10H2. The maximum Gasteiger partial charge on any atom is 0.300 e. The lowest BCUT2D eigenvalue weighted by molar-refractivity contribution is 0.122. The highest BCUT2D eigenvalue weighted by molar-refractivity contribution is 7.93. The van der Waals surface area contributed by atoms with Gasteiger partial charge in [0.25, 0.3) is 0 Å². The minimum atomic E-state index is -3.58. The van der Waals surface area contributed by atoms with E-state index in [9.17, 15) is 18.3 Å². The summed E-state index contributed by atoms with van der Waals surface area (Å²) in [6, 6.07) is 7.10. The summed E-state index contributed by atoms with van der Waals surface area (Å²) in [5, 5.41) is 12.2. The Morgan fingerprint density at radius 2 is 1.90 bits per heavy atom. The highest BCUT2D eigenvalue weighted by Crippen LogP contribution is 2.36. The van der Waals surface area contributed by atoms with Crippen LogP contribution >= 0.6 is 34.5 Å². The Hall–Kier alpha value is -2.90. The summed E-state index contributed by atoms with van der Waals surface area (Å²) in [4.78, 5) is 25.4. The van der Waals surface area contributed by atoms with Crippen LogP contribution in [-0.2, 0) is 21.2 Å². The minimum absolute atomic E-state index is 0.00218. The number of ether oxygens (including phenoxy) is 1. The Kier molecular flexibility index (Phi) is 6.92. The van der Waals surface area contributed by atoms with Crippen molar-refractivity contribution in [3.05, 3.63) is 67.5 Å². The van der Waals surface area contributed by atoms with E-state index < -0.39 is 21.3 Å². The average molecular weight is 609 g/mol. The number of rotatable bonds is 5. The Morgan fingerprint density at radius 3 is 2.62 bits per heavy atom. The van der Waals surface area contributed by atoms with Crippen molar-refractivity contribution < 1.29 is 18.3 Å². The van der Waals surface area contributed by atoms with Crippen molar-refractivity contribution >= 4 is 61.6 Å². The maximum atomic E-state index is 13.5. The third-order valence-electron chi connectivity index (χ3n) is 6.73. The highest BCUT2D eigenvalue weighted by atomic mass is 35.5. The molecule has 2 aliphatic rings. The van der Waals surface area contributed by atoms with E-state index in [4.69, 9.17) is 27.9 Å². The predicted molar refractivity (Wildman–Crippen MR) is 152 cm³/mol. The summed E-state index contributed by atoms with van der Waals surface area (Å²) in [5.41, 5.74) is 1.30. The van der Waals surface area contributed by atoms with E-state index in [0.717, 1.165) is 10.4 Å². The third kappa shape index (κ3) is 4.95. The van der Waals surface area contributed by atoms with Crippen LogP contribution in [0, 0.1) is 0 Å². The van der Waals surface area contributed by atoms with Gasteiger partial charge in [0.15, 0.2) is 5.65 Å². The van der Waals surface area contributed by atoms with Crippen molar-refractivity contribution in [3.63, 3.8) is 0 Å². The summed E-state index contributed by atoms with van der Waals surface area (Å²) in [5.74, 6) is -0.544. The monoisotopic (exact) mass is 607 g/mol. The van der Waals surface area contributed by atoms with E-state index in [1.807, 2.05) is 11.0 Å². The quantitative estimate of drug-likeness (QED) is 0.364. The van der Waals surface area contributed by atoms with Crippen molar-refractivity contribution in [3.8, 4) is 16.5 Å². The Balaban J connectivity index is 1.47. The Morgan fingerprint density at radius 1 is 1.10 bits per heavy atom. The van der Waals surface area contributed by atoms with Gasteiger partial charge < -0.3 is 14.7 Å². The fraction of sp³-hybridized carbons (Fsp3) is 0.320. The van der Waals surface area contributed by atoms with Gasteiger partial charge in [-0.25, -0.2) is 18.4 Å². The van der Waals surface area contributed by atoms with Crippen LogP contribution in [0.5, 0.6) is 5.75 Å². The molecule has 0 atom stereocenters. The van der Waals surface area contributed by atoms with Gasteiger partial charge in [-0.2, -0.15) is 0 Å². The molecule has 2 saturated heterocycles. The number of hydrogen-bond acceptors (Lipinski definition) is 9. The summed E-state index contributed by atoms with van der Waals surface area (Å²) in [6.07, 6.45) is 4.22. The first kappa shape index (κ1) is 26.3. The van der Waals surface area contributed by atoms with Crippen molar-refractivity contribution in [2.24, 2.45) is 0 Å². The lowest BCUT2D eigenvalue weighted by atomic mass is 10.1.